The van der Waals surface area contributed by atoms with Crippen molar-refractivity contribution in [1.82, 2.24) is 4.90 Å². The SMILES string of the molecule is Fc1ccccc1NCCN1CC2CCC(C1)O2. The molecule has 2 fully saturated rings. The molecule has 1 N–H and O–H groups in total. The van der Waals surface area contributed by atoms with Crippen LogP contribution in [0.5, 0.6) is 0 Å². The number of para-hydroxylation sites is 1. The lowest BCUT2D eigenvalue weighted by molar-refractivity contribution is -0.0368. The zero-order chi connectivity index (χ0) is 12.4. The van der Waals surface area contributed by atoms with Crippen LogP contribution < -0.4 is 5.32 Å². The Morgan fingerprint density at radius 2 is 1.94 bits per heavy atom. The van der Waals surface area contributed by atoms with E-state index in [2.05, 4.69) is 10.2 Å². The van der Waals surface area contributed by atoms with Gasteiger partial charge in [0.25, 0.3) is 0 Å². The van der Waals surface area contributed by atoms with Gasteiger partial charge >= 0.3 is 0 Å². The molecule has 3 rings (SSSR count). The van der Waals surface area contributed by atoms with Gasteiger partial charge in [0, 0.05) is 26.2 Å². The second-order valence-electron chi connectivity index (χ2n) is 5.12. The molecule has 2 bridgehead atoms. The van der Waals surface area contributed by atoms with Crippen molar-refractivity contribution in [3.05, 3.63) is 30.1 Å². The summed E-state index contributed by atoms with van der Waals surface area (Å²) in [6.45, 7) is 3.77. The van der Waals surface area contributed by atoms with E-state index >= 15 is 0 Å². The molecule has 2 unspecified atom stereocenters. The lowest BCUT2D eigenvalue weighted by Crippen LogP contribution is -2.44. The van der Waals surface area contributed by atoms with Crippen LogP contribution in [0.1, 0.15) is 12.8 Å². The van der Waals surface area contributed by atoms with Gasteiger partial charge in [-0.15, -0.1) is 0 Å². The molecule has 2 saturated heterocycles. The number of benzene rings is 1. The van der Waals surface area contributed by atoms with Gasteiger partial charge in [-0.3, -0.25) is 4.90 Å². The van der Waals surface area contributed by atoms with Crippen LogP contribution in [0.15, 0.2) is 24.3 Å². The molecule has 1 aromatic rings. The molecule has 0 saturated carbocycles. The van der Waals surface area contributed by atoms with Crippen molar-refractivity contribution in [2.75, 3.05) is 31.5 Å². The standard InChI is InChI=1S/C14H19FN2O/c15-13-3-1-2-4-14(13)16-7-8-17-9-11-5-6-12(10-17)18-11/h1-4,11-12,16H,5-10H2. The minimum Gasteiger partial charge on any atom is -0.381 e. The maximum absolute atomic E-state index is 13.4. The van der Waals surface area contributed by atoms with Crippen LogP contribution in [0.4, 0.5) is 10.1 Å². The van der Waals surface area contributed by atoms with Crippen molar-refractivity contribution in [2.45, 2.75) is 25.0 Å². The van der Waals surface area contributed by atoms with Crippen molar-refractivity contribution in [3.63, 3.8) is 0 Å². The molecule has 0 spiro atoms. The Bertz CT molecular complexity index is 401. The van der Waals surface area contributed by atoms with Crippen molar-refractivity contribution in [2.24, 2.45) is 0 Å². The highest BCUT2D eigenvalue weighted by molar-refractivity contribution is 5.44. The highest BCUT2D eigenvalue weighted by Gasteiger charge is 2.33. The summed E-state index contributed by atoms with van der Waals surface area (Å²) in [6, 6.07) is 6.82. The number of halogens is 1. The van der Waals surface area contributed by atoms with Crippen molar-refractivity contribution in [1.29, 1.82) is 0 Å². The fraction of sp³-hybridized carbons (Fsp3) is 0.571. The van der Waals surface area contributed by atoms with Crippen LogP contribution in [-0.4, -0.2) is 43.3 Å². The van der Waals surface area contributed by atoms with Gasteiger partial charge in [0.05, 0.1) is 17.9 Å². The second kappa shape index (κ2) is 5.24. The van der Waals surface area contributed by atoms with Crippen LogP contribution in [-0.2, 0) is 4.74 Å². The van der Waals surface area contributed by atoms with Gasteiger partial charge in [0.2, 0.25) is 0 Å². The number of nitrogens with zero attached hydrogens (tertiary/aromatic N) is 1. The van der Waals surface area contributed by atoms with E-state index in [4.69, 9.17) is 4.74 Å². The quantitative estimate of drug-likeness (QED) is 0.885. The topological polar surface area (TPSA) is 24.5 Å². The van der Waals surface area contributed by atoms with Crippen LogP contribution in [0.25, 0.3) is 0 Å². The number of ether oxygens (including phenoxy) is 1. The molecule has 2 aliphatic rings. The minimum absolute atomic E-state index is 0.181. The third kappa shape index (κ3) is 2.65. The summed E-state index contributed by atoms with van der Waals surface area (Å²) in [6.07, 6.45) is 3.25. The number of rotatable bonds is 4. The Balaban J connectivity index is 1.46. The van der Waals surface area contributed by atoms with E-state index in [0.717, 1.165) is 26.2 Å². The zero-order valence-corrected chi connectivity index (χ0v) is 10.4. The monoisotopic (exact) mass is 250 g/mol. The molecule has 18 heavy (non-hydrogen) atoms. The average molecular weight is 250 g/mol. The number of nitrogens with one attached hydrogen (secondary N) is 1. The molecule has 0 aliphatic carbocycles. The van der Waals surface area contributed by atoms with Crippen LogP contribution in [0, 0.1) is 5.82 Å². The highest BCUT2D eigenvalue weighted by atomic mass is 19.1. The van der Waals surface area contributed by atoms with E-state index in [1.54, 1.807) is 12.1 Å². The van der Waals surface area contributed by atoms with Gasteiger partial charge in [-0.1, -0.05) is 12.1 Å². The van der Waals surface area contributed by atoms with Crippen LogP contribution in [0.2, 0.25) is 0 Å². The number of fused-ring (bicyclic) bond motifs is 2. The Kier molecular flexibility index (Phi) is 3.48. The number of likely N-dealkylation sites (tertiary alicyclic amines) is 1. The van der Waals surface area contributed by atoms with E-state index < -0.39 is 0 Å². The lowest BCUT2D eigenvalue weighted by Gasteiger charge is -2.32. The fourth-order valence-electron chi connectivity index (χ4n) is 2.84. The van der Waals surface area contributed by atoms with Gasteiger partial charge in [0.15, 0.2) is 0 Å². The Morgan fingerprint density at radius 1 is 1.22 bits per heavy atom. The summed E-state index contributed by atoms with van der Waals surface area (Å²) in [5, 5.41) is 3.15. The number of hydrogen-bond acceptors (Lipinski definition) is 3. The predicted molar refractivity (Wildman–Crippen MR) is 69.2 cm³/mol. The largest absolute Gasteiger partial charge is 0.381 e. The Hall–Kier alpha value is -1.13. The molecule has 98 valence electrons. The van der Waals surface area contributed by atoms with Gasteiger partial charge < -0.3 is 10.1 Å². The Labute approximate surface area is 107 Å². The van der Waals surface area contributed by atoms with E-state index in [9.17, 15) is 4.39 Å². The zero-order valence-electron chi connectivity index (χ0n) is 10.4. The maximum Gasteiger partial charge on any atom is 0.146 e. The van der Waals surface area contributed by atoms with E-state index in [-0.39, 0.29) is 5.82 Å². The predicted octanol–water partition coefficient (Wildman–Crippen LogP) is 2.10. The first kappa shape index (κ1) is 11.9. The fourth-order valence-corrected chi connectivity index (χ4v) is 2.84. The summed E-state index contributed by atoms with van der Waals surface area (Å²) in [5.74, 6) is -0.181. The molecule has 2 heterocycles. The molecule has 2 aliphatic heterocycles. The lowest BCUT2D eigenvalue weighted by atomic mass is 10.2. The van der Waals surface area contributed by atoms with Crippen molar-refractivity contribution in [3.8, 4) is 0 Å². The third-order valence-electron chi connectivity index (χ3n) is 3.74. The maximum atomic E-state index is 13.4. The average Bonchev–Trinajstić information content (AvgIpc) is 2.71. The molecule has 0 radical (unpaired) electrons. The van der Waals surface area contributed by atoms with Crippen LogP contribution in [0.3, 0.4) is 0 Å². The van der Waals surface area contributed by atoms with Gasteiger partial charge in [-0.2, -0.15) is 0 Å². The first-order valence-corrected chi connectivity index (χ1v) is 6.67. The summed E-state index contributed by atoms with van der Waals surface area (Å²) in [4.78, 5) is 2.42. The molecule has 3 nitrogen and oxygen atoms in total. The molecule has 4 heteroatoms. The molecule has 1 aromatic carbocycles. The minimum atomic E-state index is -0.181. The van der Waals surface area contributed by atoms with Gasteiger partial charge in [-0.05, 0) is 25.0 Å². The van der Waals surface area contributed by atoms with E-state index in [1.807, 2.05) is 6.07 Å². The molecular weight excluding hydrogens is 231 g/mol. The van der Waals surface area contributed by atoms with Crippen molar-refractivity contribution >= 4 is 5.69 Å². The normalized spacial score (nSPS) is 27.4. The first-order valence-electron chi connectivity index (χ1n) is 6.67. The molecule has 2 atom stereocenters. The third-order valence-corrected chi connectivity index (χ3v) is 3.74. The van der Waals surface area contributed by atoms with Gasteiger partial charge in [0.1, 0.15) is 5.82 Å². The Morgan fingerprint density at radius 3 is 2.67 bits per heavy atom. The second-order valence-corrected chi connectivity index (χ2v) is 5.12. The smallest absolute Gasteiger partial charge is 0.146 e. The van der Waals surface area contributed by atoms with E-state index in [1.165, 1.54) is 18.9 Å². The van der Waals surface area contributed by atoms with Crippen molar-refractivity contribution < 1.29 is 9.13 Å². The number of morpholine rings is 1. The summed E-state index contributed by atoms with van der Waals surface area (Å²) >= 11 is 0. The van der Waals surface area contributed by atoms with Gasteiger partial charge in [-0.25, -0.2) is 4.39 Å². The first-order chi connectivity index (χ1) is 8.81. The summed E-state index contributed by atoms with van der Waals surface area (Å²) < 4.78 is 19.2. The number of hydrogen-bond donors (Lipinski definition) is 1. The van der Waals surface area contributed by atoms with Crippen LogP contribution >= 0.6 is 0 Å². The number of anilines is 1. The molecular formula is C14H19FN2O. The molecule has 0 amide bonds. The molecule has 0 aromatic heterocycles. The summed E-state index contributed by atoms with van der Waals surface area (Å²) in [7, 11) is 0. The van der Waals surface area contributed by atoms with E-state index in [0.29, 0.717) is 17.9 Å². The highest BCUT2D eigenvalue weighted by Crippen LogP contribution is 2.25. The summed E-state index contributed by atoms with van der Waals surface area (Å²) in [5.41, 5.74) is 0.591.